The third kappa shape index (κ3) is 3.28. The van der Waals surface area contributed by atoms with E-state index in [1.54, 1.807) is 13.1 Å². The van der Waals surface area contributed by atoms with Crippen molar-refractivity contribution in [3.63, 3.8) is 0 Å². The zero-order valence-corrected chi connectivity index (χ0v) is 16.0. The maximum Gasteiger partial charge on any atom is 0.252 e. The summed E-state index contributed by atoms with van der Waals surface area (Å²) in [6.07, 6.45) is 6.27. The molecule has 0 atom stereocenters. The highest BCUT2D eigenvalue weighted by molar-refractivity contribution is 6.01. The number of carbonyl (C=O) groups is 2. The first-order valence-electron chi connectivity index (χ1n) is 9.84. The number of amides is 2. The molecule has 144 valence electrons. The summed E-state index contributed by atoms with van der Waals surface area (Å²) in [7, 11) is 1.63. The molecule has 5 heteroatoms. The van der Waals surface area contributed by atoms with Gasteiger partial charge in [-0.25, -0.2) is 0 Å². The number of aromatic nitrogens is 1. The summed E-state index contributed by atoms with van der Waals surface area (Å²) >= 11 is 0. The van der Waals surface area contributed by atoms with Gasteiger partial charge in [-0.3, -0.25) is 9.59 Å². The number of nitrogens with one attached hydrogen (secondary N) is 3. The van der Waals surface area contributed by atoms with Crippen LogP contribution in [0.2, 0.25) is 0 Å². The van der Waals surface area contributed by atoms with Crippen LogP contribution in [0.25, 0.3) is 22.0 Å². The third-order valence-electron chi connectivity index (χ3n) is 5.74. The van der Waals surface area contributed by atoms with E-state index in [4.69, 9.17) is 0 Å². The molecule has 2 aromatic carbocycles. The number of fused-ring (bicyclic) bond motifs is 1. The predicted octanol–water partition coefficient (Wildman–Crippen LogP) is 4.01. The van der Waals surface area contributed by atoms with Gasteiger partial charge in [-0.15, -0.1) is 0 Å². The van der Waals surface area contributed by atoms with Crippen LogP contribution in [0.5, 0.6) is 0 Å². The first kappa shape index (κ1) is 18.3. The van der Waals surface area contributed by atoms with E-state index < -0.39 is 5.54 Å². The van der Waals surface area contributed by atoms with Crippen molar-refractivity contribution in [3.8, 4) is 11.1 Å². The molecular formula is C23H25N3O2. The van der Waals surface area contributed by atoms with Gasteiger partial charge in [0, 0.05) is 24.4 Å². The van der Waals surface area contributed by atoms with E-state index in [9.17, 15) is 9.59 Å². The SMILES string of the molecule is CNC(=O)C1(NC(=O)c2cccc(-c3cccc4cc[nH]c34)c2)CCCCC1. The summed E-state index contributed by atoms with van der Waals surface area (Å²) in [5.74, 6) is -0.307. The molecule has 1 heterocycles. The molecule has 3 N–H and O–H groups in total. The van der Waals surface area contributed by atoms with Crippen molar-refractivity contribution in [3.05, 3.63) is 60.3 Å². The monoisotopic (exact) mass is 375 g/mol. The van der Waals surface area contributed by atoms with Crippen LogP contribution in [0.3, 0.4) is 0 Å². The molecule has 0 radical (unpaired) electrons. The maximum absolute atomic E-state index is 13.0. The summed E-state index contributed by atoms with van der Waals surface area (Å²) in [5, 5.41) is 6.91. The van der Waals surface area contributed by atoms with E-state index in [1.807, 2.05) is 42.6 Å². The van der Waals surface area contributed by atoms with Gasteiger partial charge in [0.25, 0.3) is 5.91 Å². The van der Waals surface area contributed by atoms with E-state index in [0.717, 1.165) is 41.3 Å². The van der Waals surface area contributed by atoms with Crippen molar-refractivity contribution in [1.29, 1.82) is 0 Å². The smallest absolute Gasteiger partial charge is 0.252 e. The molecule has 0 aliphatic heterocycles. The summed E-state index contributed by atoms with van der Waals surface area (Å²) < 4.78 is 0. The lowest BCUT2D eigenvalue weighted by atomic mass is 9.80. The molecule has 0 saturated heterocycles. The fraction of sp³-hybridized carbons (Fsp3) is 0.304. The van der Waals surface area contributed by atoms with E-state index in [1.165, 1.54) is 0 Å². The molecule has 3 aromatic rings. The van der Waals surface area contributed by atoms with E-state index >= 15 is 0 Å². The van der Waals surface area contributed by atoms with Gasteiger partial charge in [0.15, 0.2) is 0 Å². The predicted molar refractivity (Wildman–Crippen MR) is 111 cm³/mol. The lowest BCUT2D eigenvalue weighted by molar-refractivity contribution is -0.128. The second-order valence-corrected chi connectivity index (χ2v) is 7.50. The van der Waals surface area contributed by atoms with Crippen molar-refractivity contribution in [2.45, 2.75) is 37.6 Å². The number of hydrogen-bond acceptors (Lipinski definition) is 2. The van der Waals surface area contributed by atoms with E-state index in [0.29, 0.717) is 18.4 Å². The van der Waals surface area contributed by atoms with E-state index in [2.05, 4.69) is 21.7 Å². The van der Waals surface area contributed by atoms with Gasteiger partial charge in [0.2, 0.25) is 5.91 Å². The van der Waals surface area contributed by atoms with Crippen molar-refractivity contribution >= 4 is 22.7 Å². The molecule has 0 unspecified atom stereocenters. The minimum atomic E-state index is -0.806. The maximum atomic E-state index is 13.0. The van der Waals surface area contributed by atoms with Crippen LogP contribution in [-0.4, -0.2) is 29.4 Å². The molecule has 1 saturated carbocycles. The van der Waals surface area contributed by atoms with Crippen molar-refractivity contribution in [1.82, 2.24) is 15.6 Å². The highest BCUT2D eigenvalue weighted by Gasteiger charge is 2.40. The number of aromatic amines is 1. The number of carbonyl (C=O) groups excluding carboxylic acids is 2. The van der Waals surface area contributed by atoms with Crippen LogP contribution in [0.15, 0.2) is 54.7 Å². The number of likely N-dealkylation sites (N-methyl/N-ethyl adjacent to an activating group) is 1. The number of hydrogen-bond donors (Lipinski definition) is 3. The summed E-state index contributed by atoms with van der Waals surface area (Å²) in [5.41, 5.74) is 2.83. The lowest BCUT2D eigenvalue weighted by Crippen LogP contribution is -2.59. The minimum absolute atomic E-state index is 0.104. The minimum Gasteiger partial charge on any atom is -0.361 e. The van der Waals surface area contributed by atoms with Crippen LogP contribution >= 0.6 is 0 Å². The van der Waals surface area contributed by atoms with Crippen molar-refractivity contribution < 1.29 is 9.59 Å². The highest BCUT2D eigenvalue weighted by Crippen LogP contribution is 2.30. The van der Waals surface area contributed by atoms with Gasteiger partial charge in [-0.2, -0.15) is 0 Å². The lowest BCUT2D eigenvalue weighted by Gasteiger charge is -2.36. The average molecular weight is 375 g/mol. The number of rotatable bonds is 4. The summed E-state index contributed by atoms with van der Waals surface area (Å²) in [4.78, 5) is 28.8. The molecule has 0 bridgehead atoms. The largest absolute Gasteiger partial charge is 0.361 e. The Kier molecular flexibility index (Phi) is 4.90. The molecule has 1 aliphatic rings. The zero-order chi connectivity index (χ0) is 19.6. The van der Waals surface area contributed by atoms with Crippen LogP contribution in [-0.2, 0) is 4.79 Å². The van der Waals surface area contributed by atoms with Crippen LogP contribution < -0.4 is 10.6 Å². The Hall–Kier alpha value is -3.08. The Labute approximate surface area is 164 Å². The first-order valence-corrected chi connectivity index (χ1v) is 9.84. The Morgan fingerprint density at radius 3 is 2.57 bits per heavy atom. The second-order valence-electron chi connectivity index (χ2n) is 7.50. The summed E-state index contributed by atoms with van der Waals surface area (Å²) in [6.45, 7) is 0. The zero-order valence-electron chi connectivity index (χ0n) is 16.0. The third-order valence-corrected chi connectivity index (χ3v) is 5.74. The standard InChI is InChI=1S/C23H25N3O2/c1-24-22(28)23(12-3-2-4-13-23)26-21(27)18-9-5-8-17(15-18)19-10-6-7-16-11-14-25-20(16)19/h5-11,14-15,25H,2-4,12-13H2,1H3,(H,24,28)(H,26,27). The molecule has 28 heavy (non-hydrogen) atoms. The average Bonchev–Trinajstić information content (AvgIpc) is 3.23. The van der Waals surface area contributed by atoms with Crippen LogP contribution in [0.4, 0.5) is 0 Å². The molecule has 1 aliphatic carbocycles. The van der Waals surface area contributed by atoms with Gasteiger partial charge in [-0.1, -0.05) is 49.6 Å². The van der Waals surface area contributed by atoms with Gasteiger partial charge in [-0.05, 0) is 42.0 Å². The first-order chi connectivity index (χ1) is 13.6. The molecule has 0 spiro atoms. The van der Waals surface area contributed by atoms with Gasteiger partial charge in [0.1, 0.15) is 5.54 Å². The Balaban J connectivity index is 1.64. The number of para-hydroxylation sites is 1. The quantitative estimate of drug-likeness (QED) is 0.644. The fourth-order valence-electron chi connectivity index (χ4n) is 4.25. The molecule has 1 fully saturated rings. The van der Waals surface area contributed by atoms with Crippen molar-refractivity contribution in [2.24, 2.45) is 0 Å². The van der Waals surface area contributed by atoms with Gasteiger partial charge in [0.05, 0.1) is 5.52 Å². The van der Waals surface area contributed by atoms with Crippen LogP contribution in [0.1, 0.15) is 42.5 Å². The van der Waals surface area contributed by atoms with Crippen LogP contribution in [0, 0.1) is 0 Å². The van der Waals surface area contributed by atoms with Gasteiger partial charge >= 0.3 is 0 Å². The van der Waals surface area contributed by atoms with E-state index in [-0.39, 0.29) is 11.8 Å². The van der Waals surface area contributed by atoms with Gasteiger partial charge < -0.3 is 15.6 Å². The molecule has 1 aromatic heterocycles. The fourth-order valence-corrected chi connectivity index (χ4v) is 4.25. The molecule has 5 nitrogen and oxygen atoms in total. The Morgan fingerprint density at radius 2 is 1.79 bits per heavy atom. The highest BCUT2D eigenvalue weighted by atomic mass is 16.2. The topological polar surface area (TPSA) is 74.0 Å². The number of benzene rings is 2. The second kappa shape index (κ2) is 7.50. The normalized spacial score (nSPS) is 15.9. The Morgan fingerprint density at radius 1 is 1.00 bits per heavy atom. The van der Waals surface area contributed by atoms with Crippen molar-refractivity contribution in [2.75, 3.05) is 7.05 Å². The number of H-pyrrole nitrogens is 1. The molecule has 2 amide bonds. The molecular weight excluding hydrogens is 350 g/mol. The Bertz CT molecular complexity index is 1020. The molecule has 4 rings (SSSR count). The summed E-state index contributed by atoms with van der Waals surface area (Å²) in [6, 6.07) is 15.7.